The second kappa shape index (κ2) is 7.76. The number of sulfonamides is 1. The Morgan fingerprint density at radius 3 is 2.38 bits per heavy atom. The Morgan fingerprint density at radius 2 is 1.79 bits per heavy atom. The fraction of sp³-hybridized carbons (Fsp3) is 0.591. The van der Waals surface area contributed by atoms with Crippen LogP contribution in [0.4, 0.5) is 10.5 Å². The molecule has 0 radical (unpaired) electrons. The lowest BCUT2D eigenvalue weighted by atomic mass is 9.95. The molecule has 0 bridgehead atoms. The lowest BCUT2D eigenvalue weighted by Gasteiger charge is -2.31. The molecule has 6 nitrogen and oxygen atoms in total. The van der Waals surface area contributed by atoms with Crippen molar-refractivity contribution in [3.05, 3.63) is 39.8 Å². The van der Waals surface area contributed by atoms with Gasteiger partial charge >= 0.3 is 6.03 Å². The molecule has 1 aliphatic heterocycles. The first-order chi connectivity index (χ1) is 13.8. The van der Waals surface area contributed by atoms with Crippen molar-refractivity contribution < 1.29 is 13.2 Å². The van der Waals surface area contributed by atoms with Gasteiger partial charge in [0.05, 0.1) is 0 Å². The number of aryl methyl sites for hydroxylation is 2. The van der Waals surface area contributed by atoms with Crippen LogP contribution in [-0.2, 0) is 35.7 Å². The lowest BCUT2D eigenvalue weighted by molar-refractivity contribution is 0.198. The van der Waals surface area contributed by atoms with E-state index in [9.17, 15) is 13.2 Å². The minimum absolute atomic E-state index is 0.0145. The van der Waals surface area contributed by atoms with Gasteiger partial charge < -0.3 is 10.2 Å². The first-order valence-electron chi connectivity index (χ1n) is 10.7. The molecule has 1 heterocycles. The molecule has 158 valence electrons. The monoisotopic (exact) mass is 417 g/mol. The normalized spacial score (nSPS) is 24.1. The van der Waals surface area contributed by atoms with Crippen LogP contribution >= 0.6 is 0 Å². The van der Waals surface area contributed by atoms with Crippen LogP contribution in [0.1, 0.15) is 61.3 Å². The summed E-state index contributed by atoms with van der Waals surface area (Å²) in [5, 5.41) is 4.00. The highest BCUT2D eigenvalue weighted by Gasteiger charge is 2.32. The van der Waals surface area contributed by atoms with E-state index in [-0.39, 0.29) is 5.54 Å². The van der Waals surface area contributed by atoms with Crippen LogP contribution in [0.15, 0.2) is 17.6 Å². The number of amides is 2. The Balaban J connectivity index is 1.43. The summed E-state index contributed by atoms with van der Waals surface area (Å²) in [5.41, 5.74) is 5.82. The summed E-state index contributed by atoms with van der Waals surface area (Å²) in [5.74, 6) is 0. The Morgan fingerprint density at radius 1 is 1.14 bits per heavy atom. The van der Waals surface area contributed by atoms with Crippen LogP contribution < -0.4 is 10.0 Å². The summed E-state index contributed by atoms with van der Waals surface area (Å²) in [7, 11) is -1.76. The van der Waals surface area contributed by atoms with Crippen molar-refractivity contribution in [3.63, 3.8) is 0 Å². The van der Waals surface area contributed by atoms with Crippen molar-refractivity contribution in [2.75, 3.05) is 18.9 Å². The Hall–Kier alpha value is -1.86. The molecule has 3 aliphatic rings. The van der Waals surface area contributed by atoms with Crippen LogP contribution in [0, 0.1) is 0 Å². The summed E-state index contributed by atoms with van der Waals surface area (Å²) in [4.78, 5) is 14.8. The molecule has 1 aromatic rings. The summed E-state index contributed by atoms with van der Waals surface area (Å²) < 4.78 is 26.9. The fourth-order valence-electron chi connectivity index (χ4n) is 5.11. The smallest absolute Gasteiger partial charge is 0.307 e. The number of hydrogen-bond acceptors (Lipinski definition) is 4. The van der Waals surface area contributed by atoms with Gasteiger partial charge in [0.2, 0.25) is 0 Å². The third kappa shape index (κ3) is 4.21. The lowest BCUT2D eigenvalue weighted by Crippen LogP contribution is -2.37. The molecule has 1 aromatic carbocycles. The van der Waals surface area contributed by atoms with Crippen molar-refractivity contribution in [1.29, 1.82) is 0 Å². The SMILES string of the molecule is CN1CCCC1(C)CC=CS(=O)(=O)NC(=O)Nc1c2c(cc3c1CCC3)CCC2. The molecule has 29 heavy (non-hydrogen) atoms. The maximum atomic E-state index is 12.5. The summed E-state index contributed by atoms with van der Waals surface area (Å²) in [6.45, 7) is 3.18. The summed E-state index contributed by atoms with van der Waals surface area (Å²) in [6, 6.07) is 1.61. The van der Waals surface area contributed by atoms with Crippen LogP contribution in [0.2, 0.25) is 0 Å². The number of hydrogen-bond donors (Lipinski definition) is 2. The zero-order chi connectivity index (χ0) is 20.6. The number of anilines is 1. The van der Waals surface area contributed by atoms with Crippen LogP contribution in [-0.4, -0.2) is 38.5 Å². The van der Waals surface area contributed by atoms with Crippen LogP contribution in [0.3, 0.4) is 0 Å². The van der Waals surface area contributed by atoms with Gasteiger partial charge in [-0.05, 0) is 101 Å². The average molecular weight is 418 g/mol. The average Bonchev–Trinajstić information content (AvgIpc) is 3.35. The zero-order valence-electron chi connectivity index (χ0n) is 17.4. The van der Waals surface area contributed by atoms with Gasteiger partial charge in [0.1, 0.15) is 0 Å². The highest BCUT2D eigenvalue weighted by molar-refractivity contribution is 7.92. The zero-order valence-corrected chi connectivity index (χ0v) is 18.2. The molecule has 1 unspecified atom stereocenters. The molecule has 2 amide bonds. The quantitative estimate of drug-likeness (QED) is 0.769. The number of nitrogens with one attached hydrogen (secondary N) is 2. The Kier molecular flexibility index (Phi) is 5.46. The van der Waals surface area contributed by atoms with E-state index < -0.39 is 16.1 Å². The van der Waals surface area contributed by atoms with Gasteiger partial charge in [-0.2, -0.15) is 0 Å². The molecule has 7 heteroatoms. The standard InChI is InChI=1S/C22H31N3O3S/c1-22(11-5-13-25(22)2)12-6-14-29(27,28)24-21(26)23-20-18-9-3-7-16(18)15-17-8-4-10-19(17)20/h6,14-15H,3-5,7-13H2,1-2H3,(H2,23,24,26). The van der Waals surface area contributed by atoms with Crippen molar-refractivity contribution in [1.82, 2.24) is 9.62 Å². The van der Waals surface area contributed by atoms with E-state index in [1.165, 1.54) is 22.3 Å². The fourth-order valence-corrected chi connectivity index (χ4v) is 5.84. The third-order valence-corrected chi connectivity index (χ3v) is 7.93. The number of likely N-dealkylation sites (tertiary alicyclic amines) is 1. The molecular formula is C22H31N3O3S. The Labute approximate surface area is 173 Å². The maximum absolute atomic E-state index is 12.5. The van der Waals surface area contributed by atoms with E-state index in [0.717, 1.165) is 69.0 Å². The van der Waals surface area contributed by atoms with Gasteiger partial charge in [-0.25, -0.2) is 17.9 Å². The van der Waals surface area contributed by atoms with Crippen molar-refractivity contribution >= 4 is 21.7 Å². The predicted molar refractivity (Wildman–Crippen MR) is 116 cm³/mol. The van der Waals surface area contributed by atoms with Gasteiger partial charge in [-0.3, -0.25) is 0 Å². The second-order valence-electron chi connectivity index (χ2n) is 8.93. The Bertz CT molecular complexity index is 922. The van der Waals surface area contributed by atoms with Gasteiger partial charge in [-0.1, -0.05) is 12.1 Å². The first-order valence-corrected chi connectivity index (χ1v) is 12.2. The molecule has 1 atom stereocenters. The maximum Gasteiger partial charge on any atom is 0.333 e. The topological polar surface area (TPSA) is 78.5 Å². The molecule has 2 N–H and O–H groups in total. The van der Waals surface area contributed by atoms with Gasteiger partial charge in [0, 0.05) is 16.6 Å². The highest BCUT2D eigenvalue weighted by atomic mass is 32.2. The highest BCUT2D eigenvalue weighted by Crippen LogP contribution is 2.38. The van der Waals surface area contributed by atoms with E-state index >= 15 is 0 Å². The van der Waals surface area contributed by atoms with Crippen LogP contribution in [0.25, 0.3) is 0 Å². The van der Waals surface area contributed by atoms with E-state index in [2.05, 4.69) is 35.0 Å². The summed E-state index contributed by atoms with van der Waals surface area (Å²) >= 11 is 0. The van der Waals surface area contributed by atoms with E-state index in [1.807, 2.05) is 0 Å². The number of fused-ring (bicyclic) bond motifs is 2. The van der Waals surface area contributed by atoms with Gasteiger partial charge in [0.15, 0.2) is 0 Å². The van der Waals surface area contributed by atoms with E-state index in [4.69, 9.17) is 0 Å². The number of carbonyl (C=O) groups is 1. The number of carbonyl (C=O) groups excluding carboxylic acids is 1. The van der Waals surface area contributed by atoms with Crippen molar-refractivity contribution in [3.8, 4) is 0 Å². The van der Waals surface area contributed by atoms with E-state index in [0.29, 0.717) is 6.42 Å². The third-order valence-electron chi connectivity index (χ3n) is 6.91. The summed E-state index contributed by atoms with van der Waals surface area (Å²) in [6.07, 6.45) is 10.6. The van der Waals surface area contributed by atoms with E-state index in [1.54, 1.807) is 6.08 Å². The number of benzene rings is 1. The minimum atomic E-state index is -3.83. The van der Waals surface area contributed by atoms with Crippen molar-refractivity contribution in [2.45, 2.75) is 70.3 Å². The molecular weight excluding hydrogens is 386 g/mol. The molecule has 0 saturated carbocycles. The van der Waals surface area contributed by atoms with Crippen LogP contribution in [0.5, 0.6) is 0 Å². The minimum Gasteiger partial charge on any atom is -0.307 e. The second-order valence-corrected chi connectivity index (χ2v) is 10.5. The molecule has 1 fully saturated rings. The number of urea groups is 1. The predicted octanol–water partition coefficient (Wildman–Crippen LogP) is 3.50. The number of rotatable bonds is 5. The largest absolute Gasteiger partial charge is 0.333 e. The van der Waals surface area contributed by atoms with Crippen molar-refractivity contribution in [2.24, 2.45) is 0 Å². The molecule has 2 aliphatic carbocycles. The molecule has 0 spiro atoms. The molecule has 4 rings (SSSR count). The first kappa shape index (κ1) is 20.4. The molecule has 1 saturated heterocycles. The molecule has 0 aromatic heterocycles. The van der Waals surface area contributed by atoms with Gasteiger partial charge in [0.25, 0.3) is 10.0 Å². The number of nitrogens with zero attached hydrogens (tertiary/aromatic N) is 1. The van der Waals surface area contributed by atoms with Gasteiger partial charge in [-0.15, -0.1) is 0 Å².